The van der Waals surface area contributed by atoms with Crippen LogP contribution in [0.5, 0.6) is 0 Å². The molecule has 1 aromatic carbocycles. The first-order valence-electron chi connectivity index (χ1n) is 7.87. The van der Waals surface area contributed by atoms with E-state index in [0.29, 0.717) is 0 Å². The average molecular weight is 328 g/mol. The van der Waals surface area contributed by atoms with Crippen LogP contribution in [0.2, 0.25) is 5.02 Å². The van der Waals surface area contributed by atoms with Crippen LogP contribution in [0.4, 0.5) is 5.82 Å². The number of aromatic nitrogens is 3. The third-order valence-electron chi connectivity index (χ3n) is 4.15. The van der Waals surface area contributed by atoms with Crippen molar-refractivity contribution in [2.75, 3.05) is 31.1 Å². The predicted octanol–water partition coefficient (Wildman–Crippen LogP) is 2.85. The van der Waals surface area contributed by atoms with E-state index in [-0.39, 0.29) is 0 Å². The molecule has 3 heterocycles. The van der Waals surface area contributed by atoms with Gasteiger partial charge in [-0.1, -0.05) is 23.7 Å². The van der Waals surface area contributed by atoms with Gasteiger partial charge in [0, 0.05) is 42.6 Å². The molecule has 5 nitrogen and oxygen atoms in total. The molecule has 1 fully saturated rings. The van der Waals surface area contributed by atoms with Crippen molar-refractivity contribution in [2.24, 2.45) is 0 Å². The number of nitrogens with zero attached hydrogens (tertiary/aromatic N) is 4. The summed E-state index contributed by atoms with van der Waals surface area (Å²) in [5, 5.41) is 8.84. The van der Waals surface area contributed by atoms with Crippen LogP contribution in [0, 0.1) is 0 Å². The fourth-order valence-corrected chi connectivity index (χ4v) is 3.10. The van der Waals surface area contributed by atoms with Gasteiger partial charge in [-0.2, -0.15) is 5.10 Å². The van der Waals surface area contributed by atoms with E-state index in [0.717, 1.165) is 60.2 Å². The molecule has 4 rings (SSSR count). The number of anilines is 1. The first-order valence-corrected chi connectivity index (χ1v) is 8.25. The van der Waals surface area contributed by atoms with E-state index in [2.05, 4.69) is 26.4 Å². The van der Waals surface area contributed by atoms with Crippen molar-refractivity contribution in [3.8, 4) is 11.3 Å². The maximum Gasteiger partial charge on any atom is 0.154 e. The number of rotatable bonds is 2. The zero-order valence-corrected chi connectivity index (χ0v) is 13.5. The summed E-state index contributed by atoms with van der Waals surface area (Å²) in [6.07, 6.45) is 4.84. The van der Waals surface area contributed by atoms with Crippen molar-refractivity contribution in [3.05, 3.63) is 47.7 Å². The molecule has 0 aliphatic carbocycles. The van der Waals surface area contributed by atoms with E-state index < -0.39 is 0 Å². The third kappa shape index (κ3) is 2.90. The van der Waals surface area contributed by atoms with E-state index in [1.807, 2.05) is 41.2 Å². The van der Waals surface area contributed by atoms with E-state index in [1.54, 1.807) is 0 Å². The first-order chi connectivity index (χ1) is 11.3. The number of hydrogen-bond donors (Lipinski definition) is 1. The monoisotopic (exact) mass is 327 g/mol. The summed E-state index contributed by atoms with van der Waals surface area (Å²) in [5.41, 5.74) is 3.03. The Bertz CT molecular complexity index is 803. The average Bonchev–Trinajstić information content (AvgIpc) is 2.83. The lowest BCUT2D eigenvalue weighted by Gasteiger charge is -2.21. The molecule has 0 saturated carbocycles. The molecule has 0 atom stereocenters. The Morgan fingerprint density at radius 2 is 1.96 bits per heavy atom. The highest BCUT2D eigenvalue weighted by atomic mass is 35.5. The Hall–Kier alpha value is -2.11. The van der Waals surface area contributed by atoms with Crippen molar-refractivity contribution >= 4 is 22.9 Å². The third-order valence-corrected chi connectivity index (χ3v) is 4.40. The maximum absolute atomic E-state index is 5.97. The van der Waals surface area contributed by atoms with Gasteiger partial charge in [0.25, 0.3) is 0 Å². The van der Waals surface area contributed by atoms with Gasteiger partial charge in [-0.05, 0) is 31.2 Å². The van der Waals surface area contributed by atoms with Crippen LogP contribution in [-0.4, -0.2) is 40.8 Å². The molecule has 6 heteroatoms. The van der Waals surface area contributed by atoms with E-state index in [1.165, 1.54) is 0 Å². The fourth-order valence-electron chi connectivity index (χ4n) is 2.97. The molecule has 0 amide bonds. The normalized spacial score (nSPS) is 15.8. The maximum atomic E-state index is 5.97. The second kappa shape index (κ2) is 6.18. The van der Waals surface area contributed by atoms with Gasteiger partial charge in [0.05, 0.1) is 5.69 Å². The molecule has 1 aliphatic heterocycles. The van der Waals surface area contributed by atoms with Gasteiger partial charge in [0.1, 0.15) is 5.52 Å². The summed E-state index contributed by atoms with van der Waals surface area (Å²) >= 11 is 5.97. The second-order valence-corrected chi connectivity index (χ2v) is 6.14. The highest BCUT2D eigenvalue weighted by molar-refractivity contribution is 6.30. The smallest absolute Gasteiger partial charge is 0.154 e. The molecule has 23 heavy (non-hydrogen) atoms. The molecule has 0 spiro atoms. The minimum absolute atomic E-state index is 0.733. The van der Waals surface area contributed by atoms with Crippen LogP contribution in [0.15, 0.2) is 42.7 Å². The molecule has 1 aliphatic rings. The zero-order valence-electron chi connectivity index (χ0n) is 12.7. The molecule has 2 aromatic heterocycles. The Labute approximate surface area is 139 Å². The van der Waals surface area contributed by atoms with E-state index >= 15 is 0 Å². The molecular formula is C17H18ClN5. The van der Waals surface area contributed by atoms with Crippen LogP contribution in [0.1, 0.15) is 6.42 Å². The summed E-state index contributed by atoms with van der Waals surface area (Å²) in [7, 11) is 0. The van der Waals surface area contributed by atoms with Crippen molar-refractivity contribution in [1.82, 2.24) is 19.9 Å². The summed E-state index contributed by atoms with van der Waals surface area (Å²) in [4.78, 5) is 6.95. The highest BCUT2D eigenvalue weighted by Gasteiger charge is 2.16. The summed E-state index contributed by atoms with van der Waals surface area (Å²) in [6, 6.07) is 9.87. The van der Waals surface area contributed by atoms with Crippen LogP contribution in [0.3, 0.4) is 0 Å². The van der Waals surface area contributed by atoms with Crippen LogP contribution >= 0.6 is 11.6 Å². The zero-order chi connectivity index (χ0) is 15.6. The number of benzene rings is 1. The second-order valence-electron chi connectivity index (χ2n) is 5.71. The highest BCUT2D eigenvalue weighted by Crippen LogP contribution is 2.26. The minimum atomic E-state index is 0.733. The van der Waals surface area contributed by atoms with Gasteiger partial charge >= 0.3 is 0 Å². The molecule has 1 N–H and O–H groups in total. The summed E-state index contributed by atoms with van der Waals surface area (Å²) in [6.45, 7) is 4.03. The van der Waals surface area contributed by atoms with Crippen LogP contribution in [-0.2, 0) is 0 Å². The standard InChI is InChI=1S/C17H18ClN5/c18-14-4-2-13(3-5-14)15-12-16-17(20-8-11-23(16)21-15)22-9-1-6-19-7-10-22/h2-5,8,11-12,19H,1,6-7,9-10H2. The first kappa shape index (κ1) is 14.5. The van der Waals surface area contributed by atoms with Gasteiger partial charge in [0.2, 0.25) is 0 Å². The van der Waals surface area contributed by atoms with Gasteiger partial charge in [0.15, 0.2) is 5.82 Å². The SMILES string of the molecule is Clc1ccc(-c2cc3c(N4CCCNCC4)nccn3n2)cc1. The minimum Gasteiger partial charge on any atom is -0.354 e. The molecule has 118 valence electrons. The van der Waals surface area contributed by atoms with Gasteiger partial charge in [-0.15, -0.1) is 0 Å². The number of halogens is 1. The molecule has 1 saturated heterocycles. The largest absolute Gasteiger partial charge is 0.354 e. The topological polar surface area (TPSA) is 45.5 Å². The Balaban J connectivity index is 1.76. The quantitative estimate of drug-likeness (QED) is 0.786. The number of hydrogen-bond acceptors (Lipinski definition) is 4. The fraction of sp³-hybridized carbons (Fsp3) is 0.294. The van der Waals surface area contributed by atoms with Gasteiger partial charge in [-0.25, -0.2) is 9.50 Å². The Morgan fingerprint density at radius 1 is 1.09 bits per heavy atom. The summed E-state index contributed by atoms with van der Waals surface area (Å²) < 4.78 is 1.91. The van der Waals surface area contributed by atoms with Gasteiger partial charge in [-0.3, -0.25) is 0 Å². The van der Waals surface area contributed by atoms with E-state index in [9.17, 15) is 0 Å². The molecular weight excluding hydrogens is 310 g/mol. The molecule has 0 radical (unpaired) electrons. The van der Waals surface area contributed by atoms with Crippen molar-refractivity contribution in [3.63, 3.8) is 0 Å². The number of fused-ring (bicyclic) bond motifs is 1. The van der Waals surface area contributed by atoms with Crippen molar-refractivity contribution in [2.45, 2.75) is 6.42 Å². The lowest BCUT2D eigenvalue weighted by atomic mass is 10.1. The van der Waals surface area contributed by atoms with E-state index in [4.69, 9.17) is 11.6 Å². The summed E-state index contributed by atoms with van der Waals surface area (Å²) in [5.74, 6) is 1.00. The van der Waals surface area contributed by atoms with Crippen molar-refractivity contribution in [1.29, 1.82) is 0 Å². The Kier molecular flexibility index (Phi) is 3.89. The molecule has 0 bridgehead atoms. The van der Waals surface area contributed by atoms with Crippen LogP contribution in [0.25, 0.3) is 16.8 Å². The molecule has 3 aromatic rings. The predicted molar refractivity (Wildman–Crippen MR) is 93.1 cm³/mol. The number of nitrogens with one attached hydrogen (secondary N) is 1. The van der Waals surface area contributed by atoms with Gasteiger partial charge < -0.3 is 10.2 Å². The lowest BCUT2D eigenvalue weighted by Crippen LogP contribution is -2.29. The Morgan fingerprint density at radius 3 is 2.83 bits per heavy atom. The van der Waals surface area contributed by atoms with Crippen LogP contribution < -0.4 is 10.2 Å². The molecule has 0 unspecified atom stereocenters. The van der Waals surface area contributed by atoms with Crippen molar-refractivity contribution < 1.29 is 0 Å². The lowest BCUT2D eigenvalue weighted by molar-refractivity contribution is 0.724.